The Morgan fingerprint density at radius 3 is 2.92 bits per heavy atom. The van der Waals surface area contributed by atoms with E-state index in [0.717, 1.165) is 5.56 Å². The van der Waals surface area contributed by atoms with Gasteiger partial charge in [-0.3, -0.25) is 4.79 Å². The van der Waals surface area contributed by atoms with Gasteiger partial charge in [0.1, 0.15) is 0 Å². The molecule has 0 fully saturated rings. The minimum absolute atomic E-state index is 0.162. The number of carbonyl (C=O) groups is 1. The molecule has 64 valence electrons. The number of amides is 1. The molecular formula is C8H8FNOS. The molecule has 0 atom stereocenters. The minimum atomic E-state index is 0.162. The smallest absolute Gasteiger partial charge is 0.211 e. The topological polar surface area (TPSA) is 29.1 Å². The van der Waals surface area contributed by atoms with Crippen LogP contribution in [0.2, 0.25) is 0 Å². The number of nitrogens with one attached hydrogen (secondary N) is 1. The molecular weight excluding hydrogens is 177 g/mol. The van der Waals surface area contributed by atoms with Gasteiger partial charge in [-0.1, -0.05) is 6.07 Å². The zero-order chi connectivity index (χ0) is 8.97. The highest BCUT2D eigenvalue weighted by Crippen LogP contribution is 2.24. The second kappa shape index (κ2) is 4.11. The van der Waals surface area contributed by atoms with Gasteiger partial charge in [0.2, 0.25) is 6.41 Å². The van der Waals surface area contributed by atoms with Crippen LogP contribution in [0.5, 0.6) is 0 Å². The monoisotopic (exact) mass is 185 g/mol. The quantitative estimate of drug-likeness (QED) is 0.733. The highest BCUT2D eigenvalue weighted by Gasteiger charge is 1.99. The van der Waals surface area contributed by atoms with E-state index in [9.17, 15) is 8.68 Å². The molecule has 0 radical (unpaired) electrons. The Morgan fingerprint density at radius 2 is 2.33 bits per heavy atom. The maximum Gasteiger partial charge on any atom is 0.211 e. The molecule has 0 unspecified atom stereocenters. The number of carbonyl (C=O) groups excluding carboxylic acids is 1. The van der Waals surface area contributed by atoms with Crippen LogP contribution < -0.4 is 5.32 Å². The van der Waals surface area contributed by atoms with E-state index in [1.165, 1.54) is 0 Å². The third kappa shape index (κ3) is 1.98. The molecule has 1 amide bonds. The number of aryl methyl sites for hydroxylation is 1. The van der Waals surface area contributed by atoms with Crippen molar-refractivity contribution in [2.45, 2.75) is 11.8 Å². The summed E-state index contributed by atoms with van der Waals surface area (Å²) < 4.78 is 12.1. The molecule has 0 aliphatic rings. The largest absolute Gasteiger partial charge is 0.328 e. The molecule has 2 nitrogen and oxygen atoms in total. The van der Waals surface area contributed by atoms with Crippen LogP contribution in [0.25, 0.3) is 0 Å². The van der Waals surface area contributed by atoms with Crippen LogP contribution in [0, 0.1) is 6.92 Å². The SMILES string of the molecule is Cc1ccc(SF)cc1NC=O. The van der Waals surface area contributed by atoms with Gasteiger partial charge in [0.05, 0.1) is 12.1 Å². The molecule has 1 rings (SSSR count). The maximum atomic E-state index is 12.1. The van der Waals surface area contributed by atoms with Crippen LogP contribution in [0.1, 0.15) is 5.56 Å². The summed E-state index contributed by atoms with van der Waals surface area (Å²) in [5, 5.41) is 2.49. The standard InChI is InChI=1S/C8H8FNOS/c1-6-2-3-7(12-9)4-8(6)10-5-11/h2-5H,1H3,(H,10,11). The van der Waals surface area contributed by atoms with Crippen LogP contribution in [0.15, 0.2) is 23.1 Å². The van der Waals surface area contributed by atoms with Gasteiger partial charge in [-0.15, -0.1) is 0 Å². The fourth-order valence-electron chi connectivity index (χ4n) is 0.868. The van der Waals surface area contributed by atoms with Gasteiger partial charge < -0.3 is 5.32 Å². The van der Waals surface area contributed by atoms with Crippen molar-refractivity contribution >= 4 is 24.2 Å². The van der Waals surface area contributed by atoms with Crippen molar-refractivity contribution in [2.75, 3.05) is 5.32 Å². The molecule has 12 heavy (non-hydrogen) atoms. The first-order valence-corrected chi connectivity index (χ1v) is 4.09. The Morgan fingerprint density at radius 1 is 1.58 bits per heavy atom. The highest BCUT2D eigenvalue weighted by molar-refractivity contribution is 7.94. The average Bonchev–Trinajstić information content (AvgIpc) is 2.09. The van der Waals surface area contributed by atoms with Crippen molar-refractivity contribution in [1.82, 2.24) is 0 Å². The van der Waals surface area contributed by atoms with Crippen molar-refractivity contribution in [3.05, 3.63) is 23.8 Å². The molecule has 0 saturated heterocycles. The average molecular weight is 185 g/mol. The van der Waals surface area contributed by atoms with Crippen LogP contribution in [0.3, 0.4) is 0 Å². The van der Waals surface area contributed by atoms with Gasteiger partial charge >= 0.3 is 0 Å². The van der Waals surface area contributed by atoms with E-state index < -0.39 is 0 Å². The first kappa shape index (κ1) is 9.06. The van der Waals surface area contributed by atoms with Crippen LogP contribution in [-0.4, -0.2) is 6.41 Å². The van der Waals surface area contributed by atoms with E-state index in [-0.39, 0.29) is 12.1 Å². The first-order chi connectivity index (χ1) is 5.77. The van der Waals surface area contributed by atoms with Gasteiger partial charge in [-0.25, -0.2) is 0 Å². The summed E-state index contributed by atoms with van der Waals surface area (Å²) in [6.45, 7) is 1.85. The van der Waals surface area contributed by atoms with Crippen molar-refractivity contribution in [3.8, 4) is 0 Å². The highest BCUT2D eigenvalue weighted by atomic mass is 32.2. The molecule has 1 aromatic rings. The number of hydrogen-bond acceptors (Lipinski definition) is 2. The summed E-state index contributed by atoms with van der Waals surface area (Å²) in [7, 11) is 0. The van der Waals surface area contributed by atoms with E-state index in [4.69, 9.17) is 0 Å². The normalized spacial score (nSPS) is 9.50. The Labute approximate surface area is 74.5 Å². The first-order valence-electron chi connectivity index (χ1n) is 3.37. The summed E-state index contributed by atoms with van der Waals surface area (Å²) in [6.07, 6.45) is 0.578. The third-order valence-corrected chi connectivity index (χ3v) is 1.94. The number of halogens is 1. The second-order valence-corrected chi connectivity index (χ2v) is 2.94. The second-order valence-electron chi connectivity index (χ2n) is 2.32. The molecule has 0 aromatic heterocycles. The zero-order valence-corrected chi connectivity index (χ0v) is 7.32. The van der Waals surface area contributed by atoms with E-state index >= 15 is 0 Å². The Bertz CT molecular complexity index is 290. The molecule has 4 heteroatoms. The van der Waals surface area contributed by atoms with Gasteiger partial charge in [-0.05, 0) is 24.6 Å². The fraction of sp³-hybridized carbons (Fsp3) is 0.125. The summed E-state index contributed by atoms with van der Waals surface area (Å²) >= 11 is 0.162. The van der Waals surface area contributed by atoms with Crippen molar-refractivity contribution in [2.24, 2.45) is 0 Å². The van der Waals surface area contributed by atoms with Crippen molar-refractivity contribution < 1.29 is 8.68 Å². The molecule has 0 aliphatic carbocycles. The molecule has 1 N–H and O–H groups in total. The summed E-state index contributed by atoms with van der Waals surface area (Å²) in [5.41, 5.74) is 1.56. The summed E-state index contributed by atoms with van der Waals surface area (Å²) in [4.78, 5) is 10.6. The van der Waals surface area contributed by atoms with Crippen LogP contribution in [-0.2, 0) is 4.79 Å². The molecule has 1 aromatic carbocycles. The Hall–Kier alpha value is -1.03. The van der Waals surface area contributed by atoms with Crippen LogP contribution >= 0.6 is 12.1 Å². The van der Waals surface area contributed by atoms with E-state index in [1.807, 2.05) is 6.92 Å². The Kier molecular flexibility index (Phi) is 3.10. The summed E-state index contributed by atoms with van der Waals surface area (Å²) in [5.74, 6) is 0. The van der Waals surface area contributed by atoms with Gasteiger partial charge in [0.25, 0.3) is 0 Å². The van der Waals surface area contributed by atoms with E-state index in [1.54, 1.807) is 18.2 Å². The minimum Gasteiger partial charge on any atom is -0.328 e. The van der Waals surface area contributed by atoms with Crippen molar-refractivity contribution in [3.63, 3.8) is 0 Å². The van der Waals surface area contributed by atoms with Gasteiger partial charge in [0.15, 0.2) is 0 Å². The van der Waals surface area contributed by atoms with Gasteiger partial charge in [-0.2, -0.15) is 3.89 Å². The van der Waals surface area contributed by atoms with Crippen molar-refractivity contribution in [1.29, 1.82) is 0 Å². The number of rotatable bonds is 3. The third-order valence-electron chi connectivity index (χ3n) is 1.51. The summed E-state index contributed by atoms with van der Waals surface area (Å²) in [6, 6.07) is 5.01. The number of anilines is 1. The predicted octanol–water partition coefficient (Wildman–Crippen LogP) is 2.54. The fourth-order valence-corrected chi connectivity index (χ4v) is 1.15. The van der Waals surface area contributed by atoms with E-state index in [2.05, 4.69) is 5.32 Å². The molecule has 0 saturated carbocycles. The zero-order valence-electron chi connectivity index (χ0n) is 6.50. The predicted molar refractivity (Wildman–Crippen MR) is 47.8 cm³/mol. The lowest BCUT2D eigenvalue weighted by Crippen LogP contribution is -1.95. The van der Waals surface area contributed by atoms with E-state index in [0.29, 0.717) is 17.0 Å². The molecule has 0 spiro atoms. The number of hydrogen-bond donors (Lipinski definition) is 1. The molecule has 0 aliphatic heterocycles. The number of benzene rings is 1. The van der Waals surface area contributed by atoms with Gasteiger partial charge in [0, 0.05) is 10.6 Å². The lowest BCUT2D eigenvalue weighted by molar-refractivity contribution is -0.105. The lowest BCUT2D eigenvalue weighted by atomic mass is 10.2. The molecule has 0 bridgehead atoms. The van der Waals surface area contributed by atoms with Crippen LogP contribution in [0.4, 0.5) is 9.57 Å². The lowest BCUT2D eigenvalue weighted by Gasteiger charge is -2.03. The molecule has 0 heterocycles. The maximum absolute atomic E-state index is 12.1. The Balaban J connectivity index is 2.99.